The van der Waals surface area contributed by atoms with Crippen LogP contribution in [0.3, 0.4) is 0 Å². The molecule has 1 aromatic carbocycles. The maximum Gasteiger partial charge on any atom is 0.348 e. The van der Waals surface area contributed by atoms with E-state index in [9.17, 15) is 4.79 Å². The number of aliphatic hydroxyl groups excluding tert-OH is 1. The van der Waals surface area contributed by atoms with E-state index in [1.54, 1.807) is 16.3 Å². The number of hydrogen-bond donors (Lipinski definition) is 1. The molecule has 0 aliphatic heterocycles. The smallest absolute Gasteiger partial charge is 0.348 e. The van der Waals surface area contributed by atoms with E-state index in [0.29, 0.717) is 13.0 Å². The third kappa shape index (κ3) is 3.73. The molecule has 1 unspecified atom stereocenters. The van der Waals surface area contributed by atoms with Gasteiger partial charge < -0.3 is 5.11 Å². The average Bonchev–Trinajstić information content (AvgIpc) is 2.62. The molecule has 1 aliphatic rings. The van der Waals surface area contributed by atoms with Gasteiger partial charge in [0.05, 0.1) is 0 Å². The van der Waals surface area contributed by atoms with E-state index in [1.807, 2.05) is 18.2 Å². The van der Waals surface area contributed by atoms with Crippen LogP contribution in [0.15, 0.2) is 40.2 Å². The molecule has 3 rings (SSSR count). The van der Waals surface area contributed by atoms with Gasteiger partial charge in [-0.15, -0.1) is 0 Å². The predicted octanol–water partition coefficient (Wildman–Crippen LogP) is 3.36. The van der Waals surface area contributed by atoms with Gasteiger partial charge >= 0.3 is 5.69 Å². The fourth-order valence-corrected chi connectivity index (χ4v) is 4.39. The lowest BCUT2D eigenvalue weighted by molar-refractivity contribution is 0.277. The first-order valence-corrected chi connectivity index (χ1v) is 9.53. The van der Waals surface area contributed by atoms with Gasteiger partial charge in [0.1, 0.15) is 5.03 Å². The Morgan fingerprint density at radius 2 is 2.00 bits per heavy atom. The van der Waals surface area contributed by atoms with Crippen LogP contribution in [0.4, 0.5) is 0 Å². The van der Waals surface area contributed by atoms with E-state index >= 15 is 0 Å². The molecule has 0 saturated carbocycles. The summed E-state index contributed by atoms with van der Waals surface area (Å²) in [6.45, 7) is 2.82. The number of thioether (sulfide) groups is 1. The maximum atomic E-state index is 12.5. The van der Waals surface area contributed by atoms with Crippen LogP contribution >= 0.6 is 11.8 Å². The van der Waals surface area contributed by atoms with Crippen LogP contribution in [0.1, 0.15) is 48.3 Å². The monoisotopic (exact) mass is 344 g/mol. The summed E-state index contributed by atoms with van der Waals surface area (Å²) in [5, 5.41) is 10.2. The number of benzene rings is 1. The molecular weight excluding hydrogens is 320 g/mol. The van der Waals surface area contributed by atoms with E-state index in [2.05, 4.69) is 24.0 Å². The highest BCUT2D eigenvalue weighted by atomic mass is 32.2. The molecule has 2 aromatic rings. The van der Waals surface area contributed by atoms with E-state index in [-0.39, 0.29) is 17.5 Å². The van der Waals surface area contributed by atoms with Crippen LogP contribution in [0.2, 0.25) is 0 Å². The highest BCUT2D eigenvalue weighted by molar-refractivity contribution is 7.99. The first-order chi connectivity index (χ1) is 11.7. The van der Waals surface area contributed by atoms with Crippen molar-refractivity contribution in [1.82, 2.24) is 9.55 Å². The fourth-order valence-electron chi connectivity index (χ4n) is 3.26. The van der Waals surface area contributed by atoms with Crippen molar-refractivity contribution in [3.8, 4) is 0 Å². The second-order valence-corrected chi connectivity index (χ2v) is 7.56. The van der Waals surface area contributed by atoms with Crippen LogP contribution < -0.4 is 5.69 Å². The summed E-state index contributed by atoms with van der Waals surface area (Å²) >= 11 is 1.68. The molecule has 4 nitrogen and oxygen atoms in total. The molecule has 0 bridgehead atoms. The van der Waals surface area contributed by atoms with E-state index in [4.69, 9.17) is 5.11 Å². The summed E-state index contributed by atoms with van der Waals surface area (Å²) in [6.07, 6.45) is 4.80. The Hall–Kier alpha value is -1.59. The first-order valence-electron chi connectivity index (χ1n) is 8.65. The molecule has 128 valence electrons. The van der Waals surface area contributed by atoms with Crippen LogP contribution in [-0.2, 0) is 19.4 Å². The van der Waals surface area contributed by atoms with Crippen molar-refractivity contribution in [2.75, 3.05) is 6.61 Å². The Morgan fingerprint density at radius 3 is 2.75 bits per heavy atom. The molecule has 0 fully saturated rings. The number of fused-ring (bicyclic) bond motifs is 1. The van der Waals surface area contributed by atoms with Gasteiger partial charge in [-0.3, -0.25) is 4.57 Å². The van der Waals surface area contributed by atoms with Crippen LogP contribution in [0.5, 0.6) is 0 Å². The summed E-state index contributed by atoms with van der Waals surface area (Å²) in [7, 11) is 0. The fraction of sp³-hybridized carbons (Fsp3) is 0.474. The summed E-state index contributed by atoms with van der Waals surface area (Å²) in [6, 6.07) is 10.3. The van der Waals surface area contributed by atoms with Gasteiger partial charge in [-0.25, -0.2) is 4.79 Å². The molecule has 24 heavy (non-hydrogen) atoms. The standard InChI is InChI=1S/C19H24N2O2S/c1-14(15-8-3-2-4-9-15)24-18-16-10-5-6-11-17(16)21(12-7-13-22)19(23)20-18/h2-4,8-9,14,22H,5-7,10-13H2,1H3. The Balaban J connectivity index is 1.93. The van der Waals surface area contributed by atoms with E-state index < -0.39 is 0 Å². The largest absolute Gasteiger partial charge is 0.396 e. The zero-order valence-corrected chi connectivity index (χ0v) is 14.9. The molecule has 1 aliphatic carbocycles. The number of aliphatic hydroxyl groups is 1. The van der Waals surface area contributed by atoms with Gasteiger partial charge in [-0.05, 0) is 44.6 Å². The molecule has 1 heterocycles. The molecule has 1 N–H and O–H groups in total. The van der Waals surface area contributed by atoms with E-state index in [1.165, 1.54) is 11.1 Å². The lowest BCUT2D eigenvalue weighted by atomic mass is 9.97. The Bertz CT molecular complexity index is 743. The summed E-state index contributed by atoms with van der Waals surface area (Å²) in [5.74, 6) is 0. The minimum atomic E-state index is -0.174. The molecule has 0 radical (unpaired) electrons. The summed E-state index contributed by atoms with van der Waals surface area (Å²) in [5.41, 5.74) is 3.45. The van der Waals surface area contributed by atoms with Gasteiger partial charge in [0.2, 0.25) is 0 Å². The van der Waals surface area contributed by atoms with Gasteiger partial charge in [0.15, 0.2) is 0 Å². The van der Waals surface area contributed by atoms with Gasteiger partial charge in [-0.1, -0.05) is 42.1 Å². The van der Waals surface area contributed by atoms with Gasteiger partial charge in [0, 0.05) is 29.7 Å². The summed E-state index contributed by atoms with van der Waals surface area (Å²) in [4.78, 5) is 16.9. The third-order valence-corrected chi connectivity index (χ3v) is 5.73. The average molecular weight is 344 g/mol. The third-order valence-electron chi connectivity index (χ3n) is 4.55. The van der Waals surface area contributed by atoms with Crippen LogP contribution in [0.25, 0.3) is 0 Å². The number of aromatic nitrogens is 2. The normalized spacial score (nSPS) is 15.1. The summed E-state index contributed by atoms with van der Waals surface area (Å²) < 4.78 is 1.78. The Kier molecular flexibility index (Phi) is 5.74. The minimum absolute atomic E-state index is 0.1000. The SMILES string of the molecule is CC(Sc1nc(=O)n(CCCO)c2c1CCCC2)c1ccccc1. The van der Waals surface area contributed by atoms with Gasteiger partial charge in [0.25, 0.3) is 0 Å². The highest BCUT2D eigenvalue weighted by Gasteiger charge is 2.22. The molecule has 5 heteroatoms. The van der Waals surface area contributed by atoms with Gasteiger partial charge in [-0.2, -0.15) is 4.98 Å². The van der Waals surface area contributed by atoms with Crippen molar-refractivity contribution in [3.63, 3.8) is 0 Å². The zero-order chi connectivity index (χ0) is 16.9. The molecule has 1 atom stereocenters. The van der Waals surface area contributed by atoms with E-state index in [0.717, 1.165) is 36.4 Å². The van der Waals surface area contributed by atoms with Crippen LogP contribution in [0, 0.1) is 0 Å². The molecule has 0 amide bonds. The number of nitrogens with zero attached hydrogens (tertiary/aromatic N) is 2. The lowest BCUT2D eigenvalue weighted by Crippen LogP contribution is -2.30. The van der Waals surface area contributed by atoms with Crippen molar-refractivity contribution in [2.24, 2.45) is 0 Å². The predicted molar refractivity (Wildman–Crippen MR) is 97.6 cm³/mol. The van der Waals surface area contributed by atoms with Crippen molar-refractivity contribution in [2.45, 2.75) is 55.8 Å². The molecule has 0 saturated heterocycles. The molecular formula is C19H24N2O2S. The second kappa shape index (κ2) is 7.99. The second-order valence-electron chi connectivity index (χ2n) is 6.23. The topological polar surface area (TPSA) is 55.1 Å². The highest BCUT2D eigenvalue weighted by Crippen LogP contribution is 2.37. The van der Waals surface area contributed by atoms with Crippen molar-refractivity contribution in [3.05, 3.63) is 57.6 Å². The molecule has 0 spiro atoms. The maximum absolute atomic E-state index is 12.5. The Morgan fingerprint density at radius 1 is 1.25 bits per heavy atom. The van der Waals surface area contributed by atoms with Crippen LogP contribution in [-0.4, -0.2) is 21.3 Å². The zero-order valence-electron chi connectivity index (χ0n) is 14.1. The lowest BCUT2D eigenvalue weighted by Gasteiger charge is -2.23. The quantitative estimate of drug-likeness (QED) is 0.645. The Labute approximate surface area is 146 Å². The number of hydrogen-bond acceptors (Lipinski definition) is 4. The van der Waals surface area contributed by atoms with Crippen molar-refractivity contribution < 1.29 is 5.11 Å². The molecule has 1 aromatic heterocycles. The van der Waals surface area contributed by atoms with Crippen molar-refractivity contribution in [1.29, 1.82) is 0 Å². The minimum Gasteiger partial charge on any atom is -0.396 e. The first kappa shape index (κ1) is 17.2. The number of rotatable bonds is 6. The van der Waals surface area contributed by atoms with Crippen molar-refractivity contribution >= 4 is 11.8 Å².